The molecule has 14 aromatic rings. The molecule has 19 rings (SSSR count). The zero-order chi connectivity index (χ0) is 93.8. The quantitative estimate of drug-likeness (QED) is 0.0351. The van der Waals surface area contributed by atoms with Crippen molar-refractivity contribution in [1.29, 1.82) is 0 Å². The molecule has 0 N–H and O–H groups in total. The number of fused-ring (bicyclic) bond motifs is 12. The van der Waals surface area contributed by atoms with E-state index in [-0.39, 0.29) is 27.1 Å². The molecule has 2 nitrogen and oxygen atoms in total. The van der Waals surface area contributed by atoms with Crippen molar-refractivity contribution in [3.8, 4) is 89.0 Å². The van der Waals surface area contributed by atoms with Crippen molar-refractivity contribution < 1.29 is 0 Å². The van der Waals surface area contributed by atoms with E-state index in [2.05, 4.69) is 381 Å². The molecule has 1 atom stereocenters. The highest BCUT2D eigenvalue weighted by molar-refractivity contribution is 5.94. The zero-order valence-corrected chi connectivity index (χ0v) is 84.3. The third kappa shape index (κ3) is 18.4. The summed E-state index contributed by atoms with van der Waals surface area (Å²) < 4.78 is 0. The maximum atomic E-state index is 2.73. The molecule has 0 radical (unpaired) electrons. The van der Waals surface area contributed by atoms with E-state index in [1.54, 1.807) is 0 Å². The van der Waals surface area contributed by atoms with Gasteiger partial charge in [0, 0.05) is 61.2 Å². The first kappa shape index (κ1) is 94.6. The van der Waals surface area contributed by atoms with Crippen LogP contribution in [0, 0.1) is 0 Å². The van der Waals surface area contributed by atoms with E-state index in [1.165, 1.54) is 359 Å². The predicted molar refractivity (Wildman–Crippen MR) is 590 cm³/mol. The van der Waals surface area contributed by atoms with Crippen molar-refractivity contribution in [2.45, 2.75) is 326 Å². The van der Waals surface area contributed by atoms with Gasteiger partial charge in [0.25, 0.3) is 0 Å². The molecule has 0 spiro atoms. The summed E-state index contributed by atoms with van der Waals surface area (Å²) in [5.41, 5.74) is 43.6. The highest BCUT2D eigenvalue weighted by atomic mass is 15.1. The van der Waals surface area contributed by atoms with Crippen molar-refractivity contribution in [3.05, 3.63) is 371 Å². The molecule has 0 saturated heterocycles. The molecule has 1 fully saturated rings. The first-order chi connectivity index (χ1) is 67.5. The average molecular weight is 1800 g/mol. The van der Waals surface area contributed by atoms with Crippen LogP contribution in [0.3, 0.4) is 0 Å². The summed E-state index contributed by atoms with van der Waals surface area (Å²) in [6.45, 7) is 19.1. The third-order valence-corrected chi connectivity index (χ3v) is 33.8. The number of anilines is 6. The average Bonchev–Trinajstić information content (AvgIpc) is 1.57. The van der Waals surface area contributed by atoms with Gasteiger partial charge >= 0.3 is 0 Å². The number of nitrogens with zero attached hydrogens (tertiary/aromatic N) is 2. The SMILES string of the molecule is CCCCCC[C@@]1(CCCCC)c2cc(-c3ccccc3)ccc2-c2ccc(N(c3ccc(C4(c5ccc(N(c6ccc7c(c6)C(CCCCC)(CCCCC)c6cc(-c8ccccc8)ccc6-7)c6ccc7c(c6)C(CCCCC)(CCCCC)c6cc(-c8ccccc8)ccc6-7)cc5)CCCCC4)cc3)c3ccc4c(c3)C(CCCCC)(CCCCC)c3cc(-c5ccccc5)ccc3-4)cc21. The van der Waals surface area contributed by atoms with Gasteiger partial charge in [-0.3, -0.25) is 0 Å². The van der Waals surface area contributed by atoms with Crippen LogP contribution in [0.4, 0.5) is 34.1 Å². The van der Waals surface area contributed by atoms with Gasteiger partial charge in [-0.25, -0.2) is 0 Å². The molecule has 5 aliphatic rings. The van der Waals surface area contributed by atoms with Crippen LogP contribution in [0.2, 0.25) is 0 Å². The van der Waals surface area contributed by atoms with E-state index in [9.17, 15) is 0 Å². The monoisotopic (exact) mass is 1800 g/mol. The summed E-state index contributed by atoms with van der Waals surface area (Å²) in [6.07, 6.45) is 45.3. The lowest BCUT2D eigenvalue weighted by molar-refractivity contribution is 0.346. The summed E-state index contributed by atoms with van der Waals surface area (Å²) in [7, 11) is 0. The fraction of sp³-hybridized carbons (Fsp3) is 0.378. The molecule has 0 unspecified atom stereocenters. The Morgan fingerprint density at radius 1 is 0.175 bits per heavy atom. The van der Waals surface area contributed by atoms with E-state index in [0.29, 0.717) is 0 Å². The third-order valence-electron chi connectivity index (χ3n) is 33.8. The molecule has 137 heavy (non-hydrogen) atoms. The predicted octanol–water partition coefficient (Wildman–Crippen LogP) is 40.6. The van der Waals surface area contributed by atoms with Gasteiger partial charge in [-0.2, -0.15) is 0 Å². The van der Waals surface area contributed by atoms with Gasteiger partial charge in [0.05, 0.1) is 0 Å². The Morgan fingerprint density at radius 3 is 0.599 bits per heavy atom. The van der Waals surface area contributed by atoms with Crippen LogP contribution in [-0.2, 0) is 27.1 Å². The number of unbranched alkanes of at least 4 members (excludes halogenated alkanes) is 17. The molecule has 0 aromatic heterocycles. The van der Waals surface area contributed by atoms with Gasteiger partial charge in [-0.05, 0) is 306 Å². The highest BCUT2D eigenvalue weighted by Gasteiger charge is 2.49. The lowest BCUT2D eigenvalue weighted by Gasteiger charge is -2.39. The number of rotatable bonds is 45. The standard InChI is InChI=1S/C135H152N2/c1-9-17-25-46-90-135(89-45-24-16-8)126-94-106(102-55-37-29-38-56-102)60-76-118(126)122-80-72-114(98-130(122)135)137(113-71-79-121-117-75-59-105(101-53-35-28-36-54-101)93-125(117)134(129(121)97-113,87-43-22-14-6)88-44-23-15-7)110-67-63-108(64-68-110)131(81-47-30-48-82-131)107-61-65-109(66-62-107)136(111-69-77-119-115-73-57-103(99-49-31-26-32-50-99)91-123(115)132(127(119)95-111,83-39-18-10-2)84-40-19-11-3)112-70-78-120-116-74-58-104(100-51-33-27-34-52-100)92-124(116)133(128(120)96-112,85-41-20-12-4)86-42-21-13-5/h26-29,31-38,49-80,91-98H,9-25,30,39-48,81-90H2,1-8H3/t135-/m0/s1. The van der Waals surface area contributed by atoms with E-state index < -0.39 is 0 Å². The topological polar surface area (TPSA) is 6.48 Å². The fourth-order valence-electron chi connectivity index (χ4n) is 26.6. The molecule has 0 bridgehead atoms. The van der Waals surface area contributed by atoms with E-state index in [1.807, 2.05) is 0 Å². The van der Waals surface area contributed by atoms with Crippen molar-refractivity contribution in [3.63, 3.8) is 0 Å². The maximum absolute atomic E-state index is 2.73. The molecular weight excluding hydrogens is 1650 g/mol. The second-order valence-electron chi connectivity index (χ2n) is 42.2. The van der Waals surface area contributed by atoms with Crippen molar-refractivity contribution >= 4 is 34.1 Å². The van der Waals surface area contributed by atoms with Crippen LogP contribution in [0.15, 0.2) is 315 Å². The smallest absolute Gasteiger partial charge is 0.0465 e. The van der Waals surface area contributed by atoms with Crippen LogP contribution in [0.1, 0.15) is 355 Å². The van der Waals surface area contributed by atoms with Gasteiger partial charge in [-0.1, -0.05) is 454 Å². The lowest BCUT2D eigenvalue weighted by atomic mass is 9.65. The second-order valence-corrected chi connectivity index (χ2v) is 42.2. The van der Waals surface area contributed by atoms with Gasteiger partial charge in [0.1, 0.15) is 0 Å². The Bertz CT molecular complexity index is 6180. The Balaban J connectivity index is 0.772. The van der Waals surface area contributed by atoms with Gasteiger partial charge in [0.15, 0.2) is 0 Å². The minimum absolute atomic E-state index is 0.140. The molecule has 5 aliphatic carbocycles. The van der Waals surface area contributed by atoms with Crippen LogP contribution >= 0.6 is 0 Å². The summed E-state index contributed by atoms with van der Waals surface area (Å²) in [4.78, 5) is 5.46. The fourth-order valence-corrected chi connectivity index (χ4v) is 26.6. The van der Waals surface area contributed by atoms with Crippen molar-refractivity contribution in [2.24, 2.45) is 0 Å². The van der Waals surface area contributed by atoms with E-state index in [4.69, 9.17) is 0 Å². The van der Waals surface area contributed by atoms with Gasteiger partial charge in [0.2, 0.25) is 0 Å². The minimum Gasteiger partial charge on any atom is -0.310 e. The molecule has 1 saturated carbocycles. The number of hydrogen-bond acceptors (Lipinski definition) is 2. The summed E-state index contributed by atoms with van der Waals surface area (Å²) >= 11 is 0. The first-order valence-corrected chi connectivity index (χ1v) is 54.7. The van der Waals surface area contributed by atoms with Gasteiger partial charge in [-0.15, -0.1) is 0 Å². The molecule has 0 heterocycles. The minimum atomic E-state index is -0.198. The Labute approximate surface area is 824 Å². The van der Waals surface area contributed by atoms with Crippen LogP contribution in [-0.4, -0.2) is 0 Å². The maximum Gasteiger partial charge on any atom is 0.0465 e. The largest absolute Gasteiger partial charge is 0.310 e. The Kier molecular flexibility index (Phi) is 29.7. The summed E-state index contributed by atoms with van der Waals surface area (Å²) in [6, 6.07) is 127. The Morgan fingerprint density at radius 2 is 0.372 bits per heavy atom. The summed E-state index contributed by atoms with van der Waals surface area (Å²) in [5, 5.41) is 0. The number of hydrogen-bond donors (Lipinski definition) is 0. The molecule has 702 valence electrons. The Hall–Kier alpha value is -11.3. The van der Waals surface area contributed by atoms with Gasteiger partial charge < -0.3 is 9.80 Å². The van der Waals surface area contributed by atoms with Crippen molar-refractivity contribution in [2.75, 3.05) is 9.80 Å². The van der Waals surface area contributed by atoms with E-state index >= 15 is 0 Å². The van der Waals surface area contributed by atoms with E-state index in [0.717, 1.165) is 64.2 Å². The molecule has 0 aliphatic heterocycles. The van der Waals surface area contributed by atoms with Crippen LogP contribution in [0.5, 0.6) is 0 Å². The molecule has 0 amide bonds. The molecular formula is C135H152N2. The number of benzene rings is 14. The summed E-state index contributed by atoms with van der Waals surface area (Å²) in [5.74, 6) is 0. The first-order valence-electron chi connectivity index (χ1n) is 54.7. The zero-order valence-electron chi connectivity index (χ0n) is 84.3. The second kappa shape index (κ2) is 43.0. The normalized spacial score (nSPS) is 15.6. The van der Waals surface area contributed by atoms with Crippen molar-refractivity contribution in [1.82, 2.24) is 0 Å². The van der Waals surface area contributed by atoms with Crippen LogP contribution < -0.4 is 9.80 Å². The molecule has 14 aromatic carbocycles. The highest BCUT2D eigenvalue weighted by Crippen LogP contribution is 2.63. The van der Waals surface area contributed by atoms with Crippen LogP contribution in [0.25, 0.3) is 89.0 Å². The molecule has 2 heteroatoms. The lowest BCUT2D eigenvalue weighted by Crippen LogP contribution is -2.30.